The van der Waals surface area contributed by atoms with Crippen LogP contribution in [0.2, 0.25) is 0 Å². The molecule has 0 aromatic heterocycles. The molecule has 0 saturated heterocycles. The minimum absolute atomic E-state index is 0.0814. The Morgan fingerprint density at radius 2 is 2.42 bits per heavy atom. The van der Waals surface area contributed by atoms with Gasteiger partial charge in [-0.25, -0.2) is 0 Å². The third-order valence-corrected chi connectivity index (χ3v) is 2.15. The molecule has 0 radical (unpaired) electrons. The maximum Gasteiger partial charge on any atom is 0.146 e. The second kappa shape index (κ2) is 4.21. The van der Waals surface area contributed by atoms with E-state index in [1.807, 2.05) is 12.2 Å². The van der Waals surface area contributed by atoms with Crippen molar-refractivity contribution in [3.63, 3.8) is 0 Å². The maximum atomic E-state index is 10.9. The molecule has 2 atom stereocenters. The highest BCUT2D eigenvalue weighted by molar-refractivity contribution is 5.81. The Hall–Kier alpha value is -0.890. The van der Waals surface area contributed by atoms with Crippen LogP contribution >= 0.6 is 0 Å². The fourth-order valence-corrected chi connectivity index (χ4v) is 1.30. The molecule has 0 heterocycles. The standard InChI is InChI=1S/C10H15NO/c1-8(12)10(11)7-9-5-3-2-4-6-9/h2-5,9-10H,6-7,11H2,1H3. The molecule has 2 nitrogen and oxygen atoms in total. The lowest BCUT2D eigenvalue weighted by atomic mass is 9.92. The monoisotopic (exact) mass is 165 g/mol. The summed E-state index contributed by atoms with van der Waals surface area (Å²) in [5.41, 5.74) is 5.64. The Labute approximate surface area is 73.1 Å². The average Bonchev–Trinajstić information content (AvgIpc) is 2.06. The van der Waals surface area contributed by atoms with Gasteiger partial charge in [0.2, 0.25) is 0 Å². The molecule has 1 aliphatic carbocycles. The first-order valence-corrected chi connectivity index (χ1v) is 4.29. The van der Waals surface area contributed by atoms with Crippen LogP contribution in [0.25, 0.3) is 0 Å². The summed E-state index contributed by atoms with van der Waals surface area (Å²) in [5.74, 6) is 0.534. The van der Waals surface area contributed by atoms with E-state index in [1.165, 1.54) is 0 Å². The van der Waals surface area contributed by atoms with Crippen molar-refractivity contribution >= 4 is 5.78 Å². The Morgan fingerprint density at radius 1 is 1.67 bits per heavy atom. The van der Waals surface area contributed by atoms with Gasteiger partial charge in [-0.05, 0) is 25.7 Å². The highest BCUT2D eigenvalue weighted by Gasteiger charge is 2.14. The van der Waals surface area contributed by atoms with Gasteiger partial charge in [0.1, 0.15) is 5.78 Å². The van der Waals surface area contributed by atoms with Crippen LogP contribution in [0.15, 0.2) is 24.3 Å². The molecule has 12 heavy (non-hydrogen) atoms. The fourth-order valence-electron chi connectivity index (χ4n) is 1.30. The number of nitrogens with two attached hydrogens (primary N) is 1. The fraction of sp³-hybridized carbons (Fsp3) is 0.500. The van der Waals surface area contributed by atoms with E-state index < -0.39 is 0 Å². The predicted molar refractivity (Wildman–Crippen MR) is 49.7 cm³/mol. The molecule has 0 bridgehead atoms. The van der Waals surface area contributed by atoms with Crippen molar-refractivity contribution in [3.8, 4) is 0 Å². The van der Waals surface area contributed by atoms with Crippen LogP contribution in [0.3, 0.4) is 0 Å². The SMILES string of the molecule is CC(=O)C(N)CC1C=CC=CC1. The van der Waals surface area contributed by atoms with Crippen LogP contribution in [0.5, 0.6) is 0 Å². The molecule has 0 spiro atoms. The van der Waals surface area contributed by atoms with E-state index in [1.54, 1.807) is 6.92 Å². The Morgan fingerprint density at radius 3 is 2.92 bits per heavy atom. The van der Waals surface area contributed by atoms with Gasteiger partial charge in [0.15, 0.2) is 0 Å². The lowest BCUT2D eigenvalue weighted by Crippen LogP contribution is -2.30. The minimum Gasteiger partial charge on any atom is -0.322 e. The van der Waals surface area contributed by atoms with E-state index in [9.17, 15) is 4.79 Å². The second-order valence-corrected chi connectivity index (χ2v) is 3.26. The van der Waals surface area contributed by atoms with E-state index >= 15 is 0 Å². The first kappa shape index (κ1) is 9.20. The van der Waals surface area contributed by atoms with Crippen LogP contribution in [-0.2, 0) is 4.79 Å². The molecule has 1 aliphatic rings. The van der Waals surface area contributed by atoms with E-state index in [2.05, 4.69) is 12.2 Å². The topological polar surface area (TPSA) is 43.1 Å². The molecule has 2 heteroatoms. The molecule has 0 fully saturated rings. The number of Topliss-reactive ketones (excluding diaryl/α,β-unsaturated/α-hetero) is 1. The van der Waals surface area contributed by atoms with Crippen molar-refractivity contribution < 1.29 is 4.79 Å². The molecular weight excluding hydrogens is 150 g/mol. The third kappa shape index (κ3) is 2.62. The number of ketones is 1. The first-order valence-electron chi connectivity index (χ1n) is 4.29. The average molecular weight is 165 g/mol. The van der Waals surface area contributed by atoms with Crippen LogP contribution < -0.4 is 5.73 Å². The summed E-state index contributed by atoms with van der Waals surface area (Å²) in [6.07, 6.45) is 10.0. The quantitative estimate of drug-likeness (QED) is 0.687. The first-order chi connectivity index (χ1) is 5.70. The van der Waals surface area contributed by atoms with Gasteiger partial charge in [0, 0.05) is 0 Å². The zero-order valence-electron chi connectivity index (χ0n) is 7.36. The van der Waals surface area contributed by atoms with Gasteiger partial charge in [0.05, 0.1) is 6.04 Å². The zero-order chi connectivity index (χ0) is 8.97. The van der Waals surface area contributed by atoms with E-state index in [0.717, 1.165) is 12.8 Å². The number of hydrogen-bond donors (Lipinski definition) is 1. The summed E-state index contributed by atoms with van der Waals surface area (Å²) >= 11 is 0. The number of rotatable bonds is 3. The van der Waals surface area contributed by atoms with Crippen molar-refractivity contribution in [1.29, 1.82) is 0 Å². The lowest BCUT2D eigenvalue weighted by Gasteiger charge is -2.15. The molecule has 0 amide bonds. The molecule has 66 valence electrons. The van der Waals surface area contributed by atoms with Gasteiger partial charge in [-0.1, -0.05) is 24.3 Å². The molecule has 1 rings (SSSR count). The largest absolute Gasteiger partial charge is 0.322 e. The Kier molecular flexibility index (Phi) is 3.23. The summed E-state index contributed by atoms with van der Waals surface area (Å²) in [5, 5.41) is 0. The molecule has 2 N–H and O–H groups in total. The second-order valence-electron chi connectivity index (χ2n) is 3.26. The van der Waals surface area contributed by atoms with Crippen LogP contribution in [0, 0.1) is 5.92 Å². The molecule has 2 unspecified atom stereocenters. The Bertz CT molecular complexity index is 218. The lowest BCUT2D eigenvalue weighted by molar-refractivity contribution is -0.118. The van der Waals surface area contributed by atoms with E-state index in [0.29, 0.717) is 5.92 Å². The number of allylic oxidation sites excluding steroid dienone is 4. The summed E-state index contributed by atoms with van der Waals surface area (Å²) in [6.45, 7) is 1.55. The smallest absolute Gasteiger partial charge is 0.146 e. The molecule has 0 aliphatic heterocycles. The van der Waals surface area contributed by atoms with Crippen molar-refractivity contribution in [3.05, 3.63) is 24.3 Å². The van der Waals surface area contributed by atoms with Gasteiger partial charge in [-0.2, -0.15) is 0 Å². The maximum absolute atomic E-state index is 10.9. The molecule has 0 aromatic rings. The summed E-state index contributed by atoms with van der Waals surface area (Å²) < 4.78 is 0. The van der Waals surface area contributed by atoms with Crippen molar-refractivity contribution in [1.82, 2.24) is 0 Å². The van der Waals surface area contributed by atoms with Gasteiger partial charge in [0.25, 0.3) is 0 Å². The van der Waals surface area contributed by atoms with Gasteiger partial charge in [-0.15, -0.1) is 0 Å². The van der Waals surface area contributed by atoms with E-state index in [4.69, 9.17) is 5.73 Å². The summed E-state index contributed by atoms with van der Waals surface area (Å²) in [6, 6.07) is -0.286. The normalized spacial score (nSPS) is 24.0. The highest BCUT2D eigenvalue weighted by atomic mass is 16.1. The number of carbonyl (C=O) groups excluding carboxylic acids is 1. The van der Waals surface area contributed by atoms with Gasteiger partial charge in [-0.3, -0.25) is 4.79 Å². The number of hydrogen-bond acceptors (Lipinski definition) is 2. The molecule has 0 aromatic carbocycles. The van der Waals surface area contributed by atoms with Crippen LogP contribution in [0.1, 0.15) is 19.8 Å². The van der Waals surface area contributed by atoms with Crippen LogP contribution in [-0.4, -0.2) is 11.8 Å². The summed E-state index contributed by atoms with van der Waals surface area (Å²) in [7, 11) is 0. The minimum atomic E-state index is -0.286. The van der Waals surface area contributed by atoms with Gasteiger partial charge >= 0.3 is 0 Å². The molecular formula is C10H15NO. The van der Waals surface area contributed by atoms with Gasteiger partial charge < -0.3 is 5.73 Å². The van der Waals surface area contributed by atoms with Crippen LogP contribution in [0.4, 0.5) is 0 Å². The third-order valence-electron chi connectivity index (χ3n) is 2.15. The Balaban J connectivity index is 2.36. The zero-order valence-corrected chi connectivity index (χ0v) is 7.36. The molecule has 0 saturated carbocycles. The highest BCUT2D eigenvalue weighted by Crippen LogP contribution is 2.16. The summed E-state index contributed by atoms with van der Waals surface area (Å²) in [4.78, 5) is 10.9. The van der Waals surface area contributed by atoms with Crippen molar-refractivity contribution in [2.24, 2.45) is 11.7 Å². The van der Waals surface area contributed by atoms with Crippen molar-refractivity contribution in [2.45, 2.75) is 25.8 Å². The predicted octanol–water partition coefficient (Wildman–Crippen LogP) is 1.43. The number of carbonyl (C=O) groups is 1. The van der Waals surface area contributed by atoms with E-state index in [-0.39, 0.29) is 11.8 Å². The van der Waals surface area contributed by atoms with Crippen molar-refractivity contribution in [2.75, 3.05) is 0 Å².